The maximum absolute atomic E-state index is 12.4. The number of carbonyl (C=O) groups is 1. The number of anilines is 1. The monoisotopic (exact) mass is 348 g/mol. The van der Waals surface area contributed by atoms with E-state index in [1.165, 1.54) is 24.3 Å². The molecular weight excluding hydrogens is 336 g/mol. The van der Waals surface area contributed by atoms with Gasteiger partial charge in [0.1, 0.15) is 0 Å². The molecule has 7 heteroatoms. The number of alkyl halides is 1. The van der Waals surface area contributed by atoms with E-state index in [0.29, 0.717) is 11.3 Å². The third-order valence-electron chi connectivity index (χ3n) is 3.42. The van der Waals surface area contributed by atoms with E-state index in [0.717, 1.165) is 10.9 Å². The van der Waals surface area contributed by atoms with Crippen LogP contribution in [-0.4, -0.2) is 25.1 Å². The summed E-state index contributed by atoms with van der Waals surface area (Å²) in [4.78, 5) is 14.6. The molecule has 118 valence electrons. The second kappa shape index (κ2) is 6.06. The van der Waals surface area contributed by atoms with Crippen molar-refractivity contribution in [1.29, 1.82) is 0 Å². The van der Waals surface area contributed by atoms with Gasteiger partial charge in [0.05, 0.1) is 10.8 Å². The molecule has 2 aromatic carbocycles. The van der Waals surface area contributed by atoms with E-state index in [-0.39, 0.29) is 16.6 Å². The summed E-state index contributed by atoms with van der Waals surface area (Å²) < 4.78 is 27.3. The number of aromatic nitrogens is 1. The van der Waals surface area contributed by atoms with E-state index < -0.39 is 10.0 Å². The van der Waals surface area contributed by atoms with Crippen molar-refractivity contribution in [3.63, 3.8) is 0 Å². The van der Waals surface area contributed by atoms with Gasteiger partial charge in [0.15, 0.2) is 5.78 Å². The molecule has 0 atom stereocenters. The number of halogens is 1. The first-order valence-electron chi connectivity index (χ1n) is 6.79. The number of sulfonamides is 1. The fraction of sp³-hybridized carbons (Fsp3) is 0.0625. The molecule has 0 bridgehead atoms. The molecule has 0 spiro atoms. The van der Waals surface area contributed by atoms with Gasteiger partial charge in [0.2, 0.25) is 0 Å². The fourth-order valence-electron chi connectivity index (χ4n) is 2.21. The zero-order valence-electron chi connectivity index (χ0n) is 11.9. The minimum absolute atomic E-state index is 0.110. The number of aromatic amines is 1. The van der Waals surface area contributed by atoms with Gasteiger partial charge < -0.3 is 4.98 Å². The molecule has 0 unspecified atom stereocenters. The first kappa shape index (κ1) is 15.6. The van der Waals surface area contributed by atoms with Crippen molar-refractivity contribution in [3.05, 3.63) is 60.3 Å². The summed E-state index contributed by atoms with van der Waals surface area (Å²) in [6, 6.07) is 12.9. The van der Waals surface area contributed by atoms with Crippen LogP contribution in [0.4, 0.5) is 5.69 Å². The number of H-pyrrole nitrogens is 1. The van der Waals surface area contributed by atoms with Crippen LogP contribution in [0.25, 0.3) is 10.9 Å². The zero-order valence-corrected chi connectivity index (χ0v) is 13.5. The normalized spacial score (nSPS) is 11.5. The second-order valence-electron chi connectivity index (χ2n) is 4.97. The summed E-state index contributed by atoms with van der Waals surface area (Å²) in [5, 5.41) is 0.938. The van der Waals surface area contributed by atoms with Crippen molar-refractivity contribution < 1.29 is 13.2 Å². The van der Waals surface area contributed by atoms with E-state index in [9.17, 15) is 13.2 Å². The Morgan fingerprint density at radius 1 is 1.09 bits per heavy atom. The second-order valence-corrected chi connectivity index (χ2v) is 6.92. The summed E-state index contributed by atoms with van der Waals surface area (Å²) in [6.45, 7) is 0. The number of fused-ring (bicyclic) bond motifs is 1. The average molecular weight is 349 g/mol. The Labute approximate surface area is 138 Å². The molecule has 0 fully saturated rings. The molecule has 3 rings (SSSR count). The van der Waals surface area contributed by atoms with Crippen molar-refractivity contribution >= 4 is 44.0 Å². The van der Waals surface area contributed by atoms with E-state index in [4.69, 9.17) is 11.6 Å². The van der Waals surface area contributed by atoms with Gasteiger partial charge in [0, 0.05) is 23.0 Å². The molecule has 3 aromatic rings. The highest BCUT2D eigenvalue weighted by Gasteiger charge is 2.15. The highest BCUT2D eigenvalue weighted by molar-refractivity contribution is 7.92. The number of hydrogen-bond donors (Lipinski definition) is 2. The van der Waals surface area contributed by atoms with Crippen molar-refractivity contribution in [2.75, 3.05) is 10.6 Å². The first-order valence-corrected chi connectivity index (χ1v) is 8.80. The van der Waals surface area contributed by atoms with Crippen LogP contribution in [0.1, 0.15) is 10.4 Å². The predicted molar refractivity (Wildman–Crippen MR) is 90.6 cm³/mol. The lowest BCUT2D eigenvalue weighted by atomic mass is 10.1. The van der Waals surface area contributed by atoms with Crippen molar-refractivity contribution in [2.45, 2.75) is 4.90 Å². The lowest BCUT2D eigenvalue weighted by molar-refractivity contribution is 0.102. The van der Waals surface area contributed by atoms with Gasteiger partial charge in [-0.3, -0.25) is 9.52 Å². The van der Waals surface area contributed by atoms with E-state index >= 15 is 0 Å². The Kier molecular flexibility index (Phi) is 4.11. The average Bonchev–Trinajstić information content (AvgIpc) is 3.02. The highest BCUT2D eigenvalue weighted by Crippen LogP contribution is 2.21. The first-order chi connectivity index (χ1) is 11.0. The van der Waals surface area contributed by atoms with Crippen LogP contribution >= 0.6 is 11.6 Å². The van der Waals surface area contributed by atoms with E-state index in [1.807, 2.05) is 6.07 Å². The van der Waals surface area contributed by atoms with Crippen LogP contribution in [0.5, 0.6) is 0 Å². The van der Waals surface area contributed by atoms with Crippen LogP contribution in [-0.2, 0) is 10.0 Å². The molecule has 0 aliphatic heterocycles. The van der Waals surface area contributed by atoms with Crippen molar-refractivity contribution in [2.24, 2.45) is 0 Å². The molecular formula is C16H13ClN2O3S. The molecule has 23 heavy (non-hydrogen) atoms. The van der Waals surface area contributed by atoms with Crippen LogP contribution in [0, 0.1) is 0 Å². The van der Waals surface area contributed by atoms with Crippen molar-refractivity contribution in [1.82, 2.24) is 4.98 Å². The molecule has 0 aliphatic carbocycles. The predicted octanol–water partition coefficient (Wildman–Crippen LogP) is 3.39. The molecule has 5 nitrogen and oxygen atoms in total. The molecule has 0 amide bonds. The Morgan fingerprint density at radius 2 is 1.83 bits per heavy atom. The lowest BCUT2D eigenvalue weighted by Gasteiger charge is -2.09. The molecule has 0 saturated carbocycles. The molecule has 0 aliphatic rings. The summed E-state index contributed by atoms with van der Waals surface area (Å²) in [7, 11) is -3.70. The number of benzene rings is 2. The molecule has 1 aromatic heterocycles. The minimum Gasteiger partial charge on any atom is -0.361 e. The smallest absolute Gasteiger partial charge is 0.261 e. The third kappa shape index (κ3) is 3.23. The highest BCUT2D eigenvalue weighted by atomic mass is 35.5. The Hall–Kier alpha value is -2.31. The van der Waals surface area contributed by atoms with Gasteiger partial charge in [-0.05, 0) is 47.9 Å². The maximum atomic E-state index is 12.4. The van der Waals surface area contributed by atoms with Gasteiger partial charge in [0.25, 0.3) is 10.0 Å². The maximum Gasteiger partial charge on any atom is 0.261 e. The number of nitrogens with one attached hydrogen (secondary N) is 2. The van der Waals surface area contributed by atoms with Crippen LogP contribution < -0.4 is 4.72 Å². The third-order valence-corrected chi connectivity index (χ3v) is 5.04. The summed E-state index contributed by atoms with van der Waals surface area (Å²) >= 11 is 5.49. The summed E-state index contributed by atoms with van der Waals surface area (Å²) in [5.41, 5.74) is 1.56. The Balaban J connectivity index is 1.86. The number of hydrogen-bond acceptors (Lipinski definition) is 3. The van der Waals surface area contributed by atoms with Gasteiger partial charge in [-0.2, -0.15) is 0 Å². The quantitative estimate of drug-likeness (QED) is 0.548. The van der Waals surface area contributed by atoms with Crippen LogP contribution in [0.15, 0.2) is 59.6 Å². The van der Waals surface area contributed by atoms with Crippen molar-refractivity contribution in [3.8, 4) is 0 Å². The van der Waals surface area contributed by atoms with E-state index in [1.54, 1.807) is 24.4 Å². The van der Waals surface area contributed by atoms with Gasteiger partial charge in [-0.15, -0.1) is 11.6 Å². The topological polar surface area (TPSA) is 79.0 Å². The zero-order chi connectivity index (χ0) is 16.4. The molecule has 2 N–H and O–H groups in total. The Morgan fingerprint density at radius 3 is 2.52 bits per heavy atom. The summed E-state index contributed by atoms with van der Waals surface area (Å²) in [5.74, 6) is -0.320. The minimum atomic E-state index is -3.70. The molecule has 1 heterocycles. The van der Waals surface area contributed by atoms with Crippen LogP contribution in [0.3, 0.4) is 0 Å². The molecule has 0 radical (unpaired) electrons. The van der Waals surface area contributed by atoms with Crippen LogP contribution in [0.2, 0.25) is 0 Å². The fourth-order valence-corrected chi connectivity index (χ4v) is 3.45. The largest absolute Gasteiger partial charge is 0.361 e. The lowest BCUT2D eigenvalue weighted by Crippen LogP contribution is -2.13. The summed E-state index contributed by atoms with van der Waals surface area (Å²) in [6.07, 6.45) is 1.75. The Bertz CT molecular complexity index is 962. The number of Topliss-reactive ketones (excluding diaryl/α,β-unsaturated/α-hetero) is 1. The number of carbonyl (C=O) groups excluding carboxylic acids is 1. The van der Waals surface area contributed by atoms with Gasteiger partial charge in [-0.1, -0.05) is 6.07 Å². The van der Waals surface area contributed by atoms with Gasteiger partial charge >= 0.3 is 0 Å². The standard InChI is InChI=1S/C16H13ClN2O3S/c17-10-16(20)12-1-4-13(5-2-12)19-23(21,22)14-6-3-11-7-8-18-15(11)9-14/h1-9,18-19H,10H2. The number of rotatable bonds is 5. The SMILES string of the molecule is O=C(CCl)c1ccc(NS(=O)(=O)c2ccc3cc[nH]c3c2)cc1. The van der Waals surface area contributed by atoms with Gasteiger partial charge in [-0.25, -0.2) is 8.42 Å². The van der Waals surface area contributed by atoms with E-state index in [2.05, 4.69) is 9.71 Å². The number of ketones is 1. The molecule has 0 saturated heterocycles.